The molecule has 1 amide bonds. The average Bonchev–Trinajstić information content (AvgIpc) is 3.74. The molecule has 39 heavy (non-hydrogen) atoms. The van der Waals surface area contributed by atoms with Crippen molar-refractivity contribution in [3.63, 3.8) is 0 Å². The Labute approximate surface area is 229 Å². The van der Waals surface area contributed by atoms with Crippen molar-refractivity contribution in [3.8, 4) is 33.6 Å². The van der Waals surface area contributed by atoms with E-state index in [1.807, 2.05) is 33.2 Å². The predicted molar refractivity (Wildman–Crippen MR) is 152 cm³/mol. The quantitative estimate of drug-likeness (QED) is 0.272. The van der Waals surface area contributed by atoms with Gasteiger partial charge in [0, 0.05) is 6.54 Å². The molecule has 2 saturated heterocycles. The van der Waals surface area contributed by atoms with E-state index < -0.39 is 5.60 Å². The first kappa shape index (κ1) is 25.4. The highest BCUT2D eigenvalue weighted by molar-refractivity contribution is 5.72. The van der Waals surface area contributed by atoms with Crippen molar-refractivity contribution in [2.24, 2.45) is 0 Å². The molecule has 4 aromatic rings. The summed E-state index contributed by atoms with van der Waals surface area (Å²) in [4.78, 5) is 30.7. The molecule has 2 fully saturated rings. The van der Waals surface area contributed by atoms with E-state index in [-0.39, 0.29) is 12.1 Å². The van der Waals surface area contributed by atoms with E-state index in [1.165, 1.54) is 6.42 Å². The number of imidazole rings is 2. The minimum atomic E-state index is -0.518. The molecular weight excluding hydrogens is 488 g/mol. The molecule has 8 nitrogen and oxygen atoms in total. The molecule has 2 aliphatic heterocycles. The number of rotatable bonds is 5. The van der Waals surface area contributed by atoms with Gasteiger partial charge < -0.3 is 20.0 Å². The lowest BCUT2D eigenvalue weighted by molar-refractivity contribution is 0.0218. The van der Waals surface area contributed by atoms with E-state index in [1.54, 1.807) is 4.90 Å². The number of hydrogen-bond donors (Lipinski definition) is 3. The second-order valence-electron chi connectivity index (χ2n) is 11.5. The maximum Gasteiger partial charge on any atom is 0.410 e. The Balaban J connectivity index is 1.13. The van der Waals surface area contributed by atoms with Crippen LogP contribution < -0.4 is 5.32 Å². The van der Waals surface area contributed by atoms with Crippen LogP contribution in [0, 0.1) is 0 Å². The molecule has 0 bridgehead atoms. The number of carbonyl (C=O) groups is 1. The minimum absolute atomic E-state index is 0.0910. The van der Waals surface area contributed by atoms with Crippen molar-refractivity contribution in [2.75, 3.05) is 13.1 Å². The van der Waals surface area contributed by atoms with Crippen LogP contribution >= 0.6 is 0 Å². The lowest BCUT2D eigenvalue weighted by Gasteiger charge is -2.27. The number of nitrogens with zero attached hydrogens (tertiary/aromatic N) is 3. The summed E-state index contributed by atoms with van der Waals surface area (Å²) in [6.45, 7) is 7.42. The minimum Gasteiger partial charge on any atom is -0.444 e. The first-order chi connectivity index (χ1) is 18.8. The first-order valence-corrected chi connectivity index (χ1v) is 13.9. The number of aromatic nitrogens is 4. The number of benzene rings is 2. The van der Waals surface area contributed by atoms with E-state index in [2.05, 4.69) is 73.8 Å². The largest absolute Gasteiger partial charge is 0.444 e. The lowest BCUT2D eigenvalue weighted by atomic mass is 10.0. The van der Waals surface area contributed by atoms with E-state index in [0.717, 1.165) is 71.1 Å². The van der Waals surface area contributed by atoms with E-state index in [0.29, 0.717) is 12.6 Å². The fourth-order valence-corrected chi connectivity index (χ4v) is 5.51. The molecule has 8 heteroatoms. The highest BCUT2D eigenvalue weighted by Crippen LogP contribution is 2.33. The van der Waals surface area contributed by atoms with Gasteiger partial charge in [-0.1, -0.05) is 48.5 Å². The Bertz CT molecular complexity index is 1420. The van der Waals surface area contributed by atoms with Crippen LogP contribution in [0.25, 0.3) is 33.6 Å². The van der Waals surface area contributed by atoms with Crippen molar-refractivity contribution in [2.45, 2.75) is 64.1 Å². The molecule has 2 atom stereocenters. The zero-order valence-electron chi connectivity index (χ0n) is 22.8. The summed E-state index contributed by atoms with van der Waals surface area (Å²) >= 11 is 0. The van der Waals surface area contributed by atoms with Gasteiger partial charge in [0.15, 0.2) is 0 Å². The van der Waals surface area contributed by atoms with Crippen LogP contribution in [0.15, 0.2) is 60.9 Å². The highest BCUT2D eigenvalue weighted by Gasteiger charge is 2.34. The van der Waals surface area contributed by atoms with Gasteiger partial charge >= 0.3 is 6.09 Å². The third-order valence-corrected chi connectivity index (χ3v) is 7.50. The third kappa shape index (κ3) is 5.47. The van der Waals surface area contributed by atoms with Crippen LogP contribution in [-0.2, 0) is 4.74 Å². The number of likely N-dealkylation sites (tertiary alicyclic amines) is 1. The molecule has 0 aliphatic carbocycles. The van der Waals surface area contributed by atoms with Gasteiger partial charge in [-0.25, -0.2) is 14.8 Å². The van der Waals surface area contributed by atoms with Crippen LogP contribution in [0.2, 0.25) is 0 Å². The molecule has 2 aliphatic rings. The van der Waals surface area contributed by atoms with Crippen molar-refractivity contribution in [1.29, 1.82) is 0 Å². The number of H-pyrrole nitrogens is 2. The highest BCUT2D eigenvalue weighted by atomic mass is 16.6. The molecular formula is C31H36N6O2. The van der Waals surface area contributed by atoms with Gasteiger partial charge in [0.1, 0.15) is 17.2 Å². The molecule has 0 spiro atoms. The molecule has 0 unspecified atom stereocenters. The number of amides is 1. The first-order valence-electron chi connectivity index (χ1n) is 13.9. The lowest BCUT2D eigenvalue weighted by Crippen LogP contribution is -2.36. The molecule has 4 heterocycles. The summed E-state index contributed by atoms with van der Waals surface area (Å²) in [5.41, 5.74) is 5.96. The standard InChI is InChI=1S/C31H36N6O2/c1-31(2,3)39-30(38)37-17-5-7-27(37)29-34-19-26(36-29)23-14-10-21(11-15-23)20-8-12-22(13-9-20)25-18-33-28(35-25)24-6-4-16-32-24/h8-15,18-19,24,27,32H,4-7,16-17H2,1-3H3,(H,33,35)(H,34,36)/t24-,27+/m0/s1. The number of aromatic amines is 2. The van der Waals surface area contributed by atoms with Gasteiger partial charge in [-0.05, 0) is 75.3 Å². The smallest absolute Gasteiger partial charge is 0.410 e. The topological polar surface area (TPSA) is 98.9 Å². The molecule has 2 aromatic heterocycles. The number of carbonyl (C=O) groups excluding carboxylic acids is 1. The zero-order chi connectivity index (χ0) is 27.0. The normalized spacial score (nSPS) is 19.5. The number of nitrogens with one attached hydrogen (secondary N) is 3. The SMILES string of the molecule is CC(C)(C)OC(=O)N1CCC[C@@H]1c1ncc(-c2ccc(-c3ccc(-c4cnc([C@@H]5CCCN5)[nH]4)cc3)cc2)[nH]1. The molecule has 3 N–H and O–H groups in total. The van der Waals surface area contributed by atoms with Crippen LogP contribution in [0.1, 0.15) is 70.2 Å². The second-order valence-corrected chi connectivity index (χ2v) is 11.5. The Morgan fingerprint density at radius 2 is 1.38 bits per heavy atom. The van der Waals surface area contributed by atoms with E-state index >= 15 is 0 Å². The van der Waals surface area contributed by atoms with Gasteiger partial charge in [0.2, 0.25) is 0 Å². The van der Waals surface area contributed by atoms with Crippen molar-refractivity contribution in [3.05, 3.63) is 72.6 Å². The predicted octanol–water partition coefficient (Wildman–Crippen LogP) is 6.63. The summed E-state index contributed by atoms with van der Waals surface area (Å²) in [6.07, 6.45) is 7.64. The molecule has 2 aromatic carbocycles. The van der Waals surface area contributed by atoms with Gasteiger partial charge in [0.25, 0.3) is 0 Å². The van der Waals surface area contributed by atoms with Crippen LogP contribution in [0.3, 0.4) is 0 Å². The van der Waals surface area contributed by atoms with Crippen molar-refractivity contribution >= 4 is 6.09 Å². The molecule has 6 rings (SSSR count). The number of hydrogen-bond acceptors (Lipinski definition) is 5. The average molecular weight is 525 g/mol. The fourth-order valence-electron chi connectivity index (χ4n) is 5.51. The van der Waals surface area contributed by atoms with Crippen LogP contribution in [0.5, 0.6) is 0 Å². The fraction of sp³-hybridized carbons (Fsp3) is 0.387. The Morgan fingerprint density at radius 1 is 0.821 bits per heavy atom. The Hall–Kier alpha value is -3.91. The molecule has 0 saturated carbocycles. The maximum atomic E-state index is 12.7. The summed E-state index contributed by atoms with van der Waals surface area (Å²) in [6, 6.07) is 17.3. The van der Waals surface area contributed by atoms with Gasteiger partial charge in [-0.2, -0.15) is 0 Å². The van der Waals surface area contributed by atoms with Crippen LogP contribution in [-0.4, -0.2) is 49.6 Å². The van der Waals surface area contributed by atoms with Gasteiger partial charge in [-0.3, -0.25) is 4.90 Å². The maximum absolute atomic E-state index is 12.7. The van der Waals surface area contributed by atoms with E-state index in [9.17, 15) is 4.79 Å². The molecule has 0 radical (unpaired) electrons. The van der Waals surface area contributed by atoms with Crippen LogP contribution in [0.4, 0.5) is 4.79 Å². The second kappa shape index (κ2) is 10.3. The summed E-state index contributed by atoms with van der Waals surface area (Å²) in [5.74, 6) is 1.83. The van der Waals surface area contributed by atoms with Gasteiger partial charge in [-0.15, -0.1) is 0 Å². The Morgan fingerprint density at radius 3 is 1.95 bits per heavy atom. The van der Waals surface area contributed by atoms with Crippen molar-refractivity contribution < 1.29 is 9.53 Å². The summed E-state index contributed by atoms with van der Waals surface area (Å²) in [7, 11) is 0. The monoisotopic (exact) mass is 524 g/mol. The van der Waals surface area contributed by atoms with Crippen molar-refractivity contribution in [1.82, 2.24) is 30.2 Å². The summed E-state index contributed by atoms with van der Waals surface area (Å²) in [5, 5.41) is 3.49. The van der Waals surface area contributed by atoms with Gasteiger partial charge in [0.05, 0.1) is 35.9 Å². The van der Waals surface area contributed by atoms with E-state index in [4.69, 9.17) is 4.74 Å². The molecule has 202 valence electrons. The zero-order valence-corrected chi connectivity index (χ0v) is 22.8. The third-order valence-electron chi connectivity index (χ3n) is 7.50. The summed E-state index contributed by atoms with van der Waals surface area (Å²) < 4.78 is 5.61. The number of ether oxygens (including phenoxy) is 1. The Kier molecular flexibility index (Phi) is 6.73.